The highest BCUT2D eigenvalue weighted by Crippen LogP contribution is 2.50. The van der Waals surface area contributed by atoms with E-state index in [9.17, 15) is 13.5 Å². The first-order valence-corrected chi connectivity index (χ1v) is 14.6. The minimum atomic E-state index is -3.94. The summed E-state index contributed by atoms with van der Waals surface area (Å²) in [7, 11) is 1.26. The average Bonchev–Trinajstić information content (AvgIpc) is 3.64. The molecule has 16 nitrogen and oxygen atoms in total. The Hall–Kier alpha value is -4.59. The summed E-state index contributed by atoms with van der Waals surface area (Å²) in [6.45, 7) is 1.74. The molecule has 3 aromatic heterocycles. The number of azo groups is 3. The Bertz CT molecular complexity index is 1960. The summed E-state index contributed by atoms with van der Waals surface area (Å²) in [5.41, 5.74) is 1.26. The van der Waals surface area contributed by atoms with Crippen molar-refractivity contribution >= 4 is 82.7 Å². The van der Waals surface area contributed by atoms with Gasteiger partial charge in [-0.05, 0) is 42.7 Å². The molecule has 0 saturated heterocycles. The number of aromatic nitrogens is 5. The van der Waals surface area contributed by atoms with Crippen molar-refractivity contribution in [2.45, 2.75) is 11.8 Å². The lowest BCUT2D eigenvalue weighted by Crippen LogP contribution is -2.11. The van der Waals surface area contributed by atoms with E-state index >= 15 is 0 Å². The zero-order valence-electron chi connectivity index (χ0n) is 21.9. The number of phenols is 1. The summed E-state index contributed by atoms with van der Waals surface area (Å²) in [6.07, 6.45) is 1.57. The molecule has 0 aliphatic carbocycles. The highest BCUT2D eigenvalue weighted by molar-refractivity contribution is 7.89. The van der Waals surface area contributed by atoms with Gasteiger partial charge in [0, 0.05) is 44.1 Å². The monoisotopic (exact) mass is 611 g/mol. The number of nitrogens with two attached hydrogens (primary N) is 1. The summed E-state index contributed by atoms with van der Waals surface area (Å²) in [5, 5.41) is 47.2. The van der Waals surface area contributed by atoms with Crippen molar-refractivity contribution in [2.24, 2.45) is 42.9 Å². The van der Waals surface area contributed by atoms with Crippen molar-refractivity contribution in [3.63, 3.8) is 0 Å². The van der Waals surface area contributed by atoms with Crippen LogP contribution in [0.15, 0.2) is 72.1 Å². The number of hydrogen-bond donors (Lipinski definition) is 2. The normalized spacial score (nSPS) is 12.5. The lowest BCUT2D eigenvalue weighted by atomic mass is 10.1. The van der Waals surface area contributed by atoms with Crippen molar-refractivity contribution in [2.75, 3.05) is 19.0 Å². The molecule has 0 atom stereocenters. The standard InChI is InChI=1S/C22H21N13O3S3/c1-11-25-22(40-32-11)31-26-15-10-16(20(36)18(19(15)34(2)3)29-28-17-7-8-24-35(17)4)27-30-21-13-9-12(41(23,37)38)5-6-14(13)33-39-21/h5-10,36H,1-4H3,(H2,23,37,38)/b29-28+,30-27+,31-26+. The molecular formula is C22H21N13O3S3. The second-order valence-corrected chi connectivity index (χ2v) is 11.6. The van der Waals surface area contributed by atoms with E-state index in [1.807, 2.05) is 0 Å². The van der Waals surface area contributed by atoms with Gasteiger partial charge in [-0.3, -0.25) is 0 Å². The van der Waals surface area contributed by atoms with Crippen LogP contribution in [0.25, 0.3) is 10.9 Å². The molecule has 0 aliphatic heterocycles. The zero-order valence-corrected chi connectivity index (χ0v) is 24.3. The number of aromatic hydroxyl groups is 1. The smallest absolute Gasteiger partial charge is 0.249 e. The van der Waals surface area contributed by atoms with Gasteiger partial charge in [-0.15, -0.1) is 30.7 Å². The van der Waals surface area contributed by atoms with E-state index in [-0.39, 0.29) is 22.0 Å². The molecule has 19 heteroatoms. The molecule has 5 rings (SSSR count). The van der Waals surface area contributed by atoms with Crippen molar-refractivity contribution < 1.29 is 13.5 Å². The van der Waals surface area contributed by atoms with Crippen LogP contribution in [0, 0.1) is 6.92 Å². The van der Waals surface area contributed by atoms with Crippen LogP contribution in [0.5, 0.6) is 5.75 Å². The topological polar surface area (TPSA) is 214 Å². The van der Waals surface area contributed by atoms with E-state index in [1.54, 1.807) is 45.2 Å². The maximum absolute atomic E-state index is 11.8. The molecule has 3 N–H and O–H groups in total. The van der Waals surface area contributed by atoms with Crippen molar-refractivity contribution in [3.8, 4) is 5.75 Å². The van der Waals surface area contributed by atoms with Crippen LogP contribution < -0.4 is 10.0 Å². The highest BCUT2D eigenvalue weighted by atomic mass is 32.2. The van der Waals surface area contributed by atoms with Gasteiger partial charge >= 0.3 is 0 Å². The number of anilines is 1. The molecule has 0 unspecified atom stereocenters. The second-order valence-electron chi connectivity index (χ2n) is 8.60. The van der Waals surface area contributed by atoms with Crippen molar-refractivity contribution in [3.05, 3.63) is 42.4 Å². The predicted molar refractivity (Wildman–Crippen MR) is 154 cm³/mol. The van der Waals surface area contributed by atoms with Gasteiger partial charge in [0.1, 0.15) is 17.2 Å². The molecule has 5 aromatic rings. The third-order valence-corrected chi connectivity index (χ3v) is 7.83. The first kappa shape index (κ1) is 28.0. The Morgan fingerprint density at radius 3 is 2.41 bits per heavy atom. The Morgan fingerprint density at radius 2 is 1.76 bits per heavy atom. The van der Waals surface area contributed by atoms with Crippen LogP contribution in [0.1, 0.15) is 5.82 Å². The van der Waals surface area contributed by atoms with Gasteiger partial charge in [0.05, 0.1) is 22.3 Å². The second kappa shape index (κ2) is 11.1. The number of phenolic OH excluding ortho intramolecular Hbond substituents is 1. The van der Waals surface area contributed by atoms with E-state index in [0.29, 0.717) is 44.1 Å². The van der Waals surface area contributed by atoms with E-state index in [1.165, 1.54) is 28.9 Å². The molecule has 0 aliphatic rings. The van der Waals surface area contributed by atoms with Crippen LogP contribution in [0.2, 0.25) is 0 Å². The summed E-state index contributed by atoms with van der Waals surface area (Å²) in [6, 6.07) is 7.39. The molecule has 0 spiro atoms. The third kappa shape index (κ3) is 5.96. The number of rotatable bonds is 8. The fourth-order valence-corrected chi connectivity index (χ4v) is 5.28. The van der Waals surface area contributed by atoms with Crippen molar-refractivity contribution in [1.82, 2.24) is 23.5 Å². The molecule has 41 heavy (non-hydrogen) atoms. The lowest BCUT2D eigenvalue weighted by Gasteiger charge is -2.18. The molecule has 0 saturated carbocycles. The quantitative estimate of drug-likeness (QED) is 0.202. The summed E-state index contributed by atoms with van der Waals surface area (Å²) < 4.78 is 33.6. The SMILES string of the molecule is Cc1nsc(/N=N/c2cc(/N=N/c3snc4ccc(S(N)(=O)=O)cc34)c(O)c(/N=N/c3ccnn3C)c2N(C)C)n1. The lowest BCUT2D eigenvalue weighted by molar-refractivity contribution is 0.477. The van der Waals surface area contributed by atoms with Crippen molar-refractivity contribution in [1.29, 1.82) is 0 Å². The Balaban J connectivity index is 1.65. The van der Waals surface area contributed by atoms with Gasteiger partial charge in [0.25, 0.3) is 0 Å². The predicted octanol–water partition coefficient (Wildman–Crippen LogP) is 5.85. The first-order chi connectivity index (χ1) is 19.5. The maximum Gasteiger partial charge on any atom is 0.249 e. The van der Waals surface area contributed by atoms with Gasteiger partial charge in [-0.1, -0.05) is 0 Å². The minimum absolute atomic E-state index is 0.00102. The molecule has 210 valence electrons. The van der Waals surface area contributed by atoms with Crippen LogP contribution >= 0.6 is 23.1 Å². The average molecular weight is 612 g/mol. The van der Waals surface area contributed by atoms with Crippen LogP contribution in [0.4, 0.5) is 38.7 Å². The zero-order chi connectivity index (χ0) is 29.3. The molecular weight excluding hydrogens is 591 g/mol. The molecule has 3 heterocycles. The van der Waals surface area contributed by atoms with Gasteiger partial charge in [-0.25, -0.2) is 23.2 Å². The Kier molecular flexibility index (Phi) is 7.58. The Morgan fingerprint density at radius 1 is 0.976 bits per heavy atom. The van der Waals surface area contributed by atoms with E-state index in [2.05, 4.69) is 49.5 Å². The maximum atomic E-state index is 11.8. The Labute approximate surface area is 241 Å². The molecule has 0 fully saturated rings. The molecule has 0 amide bonds. The minimum Gasteiger partial charge on any atom is -0.504 e. The number of aryl methyl sites for hydroxylation is 2. The molecule has 0 bridgehead atoms. The van der Waals surface area contributed by atoms with Crippen LogP contribution in [-0.4, -0.2) is 51.1 Å². The first-order valence-electron chi connectivity index (χ1n) is 11.5. The number of sulfonamides is 1. The van der Waals surface area contributed by atoms with Crippen LogP contribution in [0.3, 0.4) is 0 Å². The number of hydrogen-bond acceptors (Lipinski definition) is 16. The number of fused-ring (bicyclic) bond motifs is 1. The summed E-state index contributed by atoms with van der Waals surface area (Å²) in [4.78, 5) is 5.81. The largest absolute Gasteiger partial charge is 0.504 e. The molecule has 0 radical (unpaired) electrons. The molecule has 2 aromatic carbocycles. The third-order valence-electron chi connectivity index (χ3n) is 5.47. The van der Waals surface area contributed by atoms with E-state index < -0.39 is 10.0 Å². The van der Waals surface area contributed by atoms with E-state index in [0.717, 1.165) is 23.1 Å². The fourth-order valence-electron chi connectivity index (χ4n) is 3.55. The fraction of sp³-hybridized carbons (Fsp3) is 0.182. The van der Waals surface area contributed by atoms with E-state index in [4.69, 9.17) is 5.14 Å². The summed E-state index contributed by atoms with van der Waals surface area (Å²) >= 11 is 2.08. The number of primary sulfonamides is 1. The number of nitrogens with zero attached hydrogens (tertiary/aromatic N) is 12. The number of benzene rings is 2. The highest BCUT2D eigenvalue weighted by Gasteiger charge is 2.21. The van der Waals surface area contributed by atoms with Gasteiger partial charge < -0.3 is 10.0 Å². The van der Waals surface area contributed by atoms with Gasteiger partial charge in [0.2, 0.25) is 15.2 Å². The summed E-state index contributed by atoms with van der Waals surface area (Å²) in [5.74, 6) is 0.675. The van der Waals surface area contributed by atoms with Crippen LogP contribution in [-0.2, 0) is 17.1 Å². The van der Waals surface area contributed by atoms with Gasteiger partial charge in [-0.2, -0.15) is 13.8 Å². The van der Waals surface area contributed by atoms with Gasteiger partial charge in [0.15, 0.2) is 22.3 Å².